The van der Waals surface area contributed by atoms with Crippen LogP contribution < -0.4 is 0 Å². The van der Waals surface area contributed by atoms with E-state index in [1.54, 1.807) is 5.57 Å². The molecular formula is C16H26. The normalized spacial score (nSPS) is 19.4. The molecular weight excluding hydrogens is 192 g/mol. The lowest BCUT2D eigenvalue weighted by Gasteiger charge is -2.31. The van der Waals surface area contributed by atoms with Crippen molar-refractivity contribution in [1.82, 2.24) is 0 Å². The first kappa shape index (κ1) is 13.3. The molecule has 0 heteroatoms. The Morgan fingerprint density at radius 1 is 1.31 bits per heavy atom. The van der Waals surface area contributed by atoms with E-state index in [0.717, 1.165) is 12.8 Å². The highest BCUT2D eigenvalue weighted by Gasteiger charge is 2.24. The maximum Gasteiger partial charge on any atom is -0.0230 e. The van der Waals surface area contributed by atoms with Gasteiger partial charge in [0.15, 0.2) is 0 Å². The highest BCUT2D eigenvalue weighted by atomic mass is 14.3. The van der Waals surface area contributed by atoms with E-state index < -0.39 is 0 Å². The Morgan fingerprint density at radius 2 is 2.00 bits per heavy atom. The summed E-state index contributed by atoms with van der Waals surface area (Å²) in [6, 6.07) is 0. The first-order chi connectivity index (χ1) is 7.43. The zero-order valence-corrected chi connectivity index (χ0v) is 11.2. The minimum atomic E-state index is 0.410. The molecule has 0 aromatic heterocycles. The molecule has 0 saturated heterocycles. The molecule has 1 rings (SSSR count). The average Bonchev–Trinajstić information content (AvgIpc) is 2.12. The summed E-state index contributed by atoms with van der Waals surface area (Å²) < 4.78 is 0. The van der Waals surface area contributed by atoms with E-state index in [0.29, 0.717) is 5.41 Å². The maximum absolute atomic E-state index is 4.13. The summed E-state index contributed by atoms with van der Waals surface area (Å²) in [6.07, 6.45) is 9.42. The van der Waals surface area contributed by atoms with Gasteiger partial charge in [-0.1, -0.05) is 63.1 Å². The Balaban J connectivity index is 2.48. The quantitative estimate of drug-likeness (QED) is 0.540. The van der Waals surface area contributed by atoms with Gasteiger partial charge in [0.2, 0.25) is 0 Å². The molecule has 0 spiro atoms. The van der Waals surface area contributed by atoms with Crippen LogP contribution in [0.5, 0.6) is 0 Å². The van der Waals surface area contributed by atoms with E-state index in [-0.39, 0.29) is 0 Å². The van der Waals surface area contributed by atoms with Crippen molar-refractivity contribution >= 4 is 0 Å². The van der Waals surface area contributed by atoms with Crippen molar-refractivity contribution in [1.29, 1.82) is 0 Å². The first-order valence-electron chi connectivity index (χ1n) is 6.47. The molecule has 0 N–H and O–H groups in total. The second-order valence-corrected chi connectivity index (χ2v) is 5.98. The van der Waals surface area contributed by atoms with Crippen LogP contribution in [0.2, 0.25) is 0 Å². The van der Waals surface area contributed by atoms with Gasteiger partial charge in [-0.25, -0.2) is 0 Å². The van der Waals surface area contributed by atoms with Crippen LogP contribution in [0.3, 0.4) is 0 Å². The van der Waals surface area contributed by atoms with Crippen molar-refractivity contribution in [2.45, 2.75) is 59.3 Å². The number of hydrogen-bond donors (Lipinski definition) is 0. The predicted molar refractivity (Wildman–Crippen MR) is 73.5 cm³/mol. The van der Waals surface area contributed by atoms with Crippen LogP contribution in [0, 0.1) is 5.41 Å². The molecule has 0 aromatic rings. The SMILES string of the molecule is C=C1C=C(CCC(=C)CCC)CC(C)(C)C1. The number of hydrogen-bond acceptors (Lipinski definition) is 0. The van der Waals surface area contributed by atoms with E-state index in [2.05, 4.69) is 40.0 Å². The van der Waals surface area contributed by atoms with Crippen LogP contribution in [0.4, 0.5) is 0 Å². The lowest BCUT2D eigenvalue weighted by molar-refractivity contribution is 0.347. The monoisotopic (exact) mass is 218 g/mol. The third kappa shape index (κ3) is 4.38. The van der Waals surface area contributed by atoms with Crippen LogP contribution in [0.25, 0.3) is 0 Å². The molecule has 0 atom stereocenters. The largest absolute Gasteiger partial charge is 0.0999 e. The van der Waals surface area contributed by atoms with Crippen LogP contribution in [0.15, 0.2) is 36.0 Å². The number of allylic oxidation sites excluding steroid dienone is 4. The van der Waals surface area contributed by atoms with Gasteiger partial charge in [0.1, 0.15) is 0 Å². The Hall–Kier alpha value is -0.780. The van der Waals surface area contributed by atoms with Crippen molar-refractivity contribution in [3.8, 4) is 0 Å². The van der Waals surface area contributed by atoms with Gasteiger partial charge >= 0.3 is 0 Å². The summed E-state index contributed by atoms with van der Waals surface area (Å²) in [7, 11) is 0. The van der Waals surface area contributed by atoms with Gasteiger partial charge in [0.05, 0.1) is 0 Å². The summed E-state index contributed by atoms with van der Waals surface area (Å²) in [4.78, 5) is 0. The molecule has 0 nitrogen and oxygen atoms in total. The van der Waals surface area contributed by atoms with Crippen molar-refractivity contribution in [2.75, 3.05) is 0 Å². The van der Waals surface area contributed by atoms with Gasteiger partial charge < -0.3 is 0 Å². The molecule has 0 radical (unpaired) electrons. The standard InChI is InChI=1S/C16H26/c1-6-7-13(2)8-9-15-10-14(3)11-16(4,5)12-15/h10H,2-3,6-9,11-12H2,1,4-5H3. The van der Waals surface area contributed by atoms with E-state index in [9.17, 15) is 0 Å². The molecule has 16 heavy (non-hydrogen) atoms. The molecule has 1 aliphatic carbocycles. The fourth-order valence-corrected chi connectivity index (χ4v) is 2.66. The molecule has 0 bridgehead atoms. The van der Waals surface area contributed by atoms with E-state index in [1.807, 2.05) is 0 Å². The van der Waals surface area contributed by atoms with Crippen molar-refractivity contribution in [3.63, 3.8) is 0 Å². The topological polar surface area (TPSA) is 0 Å². The highest BCUT2D eigenvalue weighted by molar-refractivity contribution is 5.27. The Morgan fingerprint density at radius 3 is 2.56 bits per heavy atom. The van der Waals surface area contributed by atoms with Crippen LogP contribution >= 0.6 is 0 Å². The fraction of sp³-hybridized carbons (Fsp3) is 0.625. The molecule has 0 unspecified atom stereocenters. The smallest absolute Gasteiger partial charge is 0.0230 e. The van der Waals surface area contributed by atoms with Crippen LogP contribution in [-0.4, -0.2) is 0 Å². The van der Waals surface area contributed by atoms with Crippen molar-refractivity contribution in [2.24, 2.45) is 5.41 Å². The second kappa shape index (κ2) is 5.52. The van der Waals surface area contributed by atoms with E-state index >= 15 is 0 Å². The highest BCUT2D eigenvalue weighted by Crippen LogP contribution is 2.39. The molecule has 0 aliphatic heterocycles. The zero-order valence-electron chi connectivity index (χ0n) is 11.2. The van der Waals surface area contributed by atoms with Gasteiger partial charge in [0, 0.05) is 0 Å². The van der Waals surface area contributed by atoms with Crippen LogP contribution in [-0.2, 0) is 0 Å². The zero-order chi connectivity index (χ0) is 12.2. The van der Waals surface area contributed by atoms with Gasteiger partial charge in [-0.2, -0.15) is 0 Å². The Labute approximate surface area is 101 Å². The lowest BCUT2D eigenvalue weighted by Crippen LogP contribution is -2.17. The second-order valence-electron chi connectivity index (χ2n) is 5.98. The minimum absolute atomic E-state index is 0.410. The molecule has 0 fully saturated rings. The van der Waals surface area contributed by atoms with Gasteiger partial charge in [-0.05, 0) is 37.5 Å². The molecule has 90 valence electrons. The van der Waals surface area contributed by atoms with E-state index in [1.165, 1.54) is 36.8 Å². The molecule has 1 aliphatic rings. The minimum Gasteiger partial charge on any atom is -0.0999 e. The average molecular weight is 218 g/mol. The summed E-state index contributed by atoms with van der Waals surface area (Å²) >= 11 is 0. The van der Waals surface area contributed by atoms with E-state index in [4.69, 9.17) is 0 Å². The van der Waals surface area contributed by atoms with Gasteiger partial charge in [-0.3, -0.25) is 0 Å². The lowest BCUT2D eigenvalue weighted by atomic mass is 9.74. The molecule has 0 saturated carbocycles. The third-order valence-corrected chi connectivity index (χ3v) is 3.22. The van der Waals surface area contributed by atoms with Crippen molar-refractivity contribution in [3.05, 3.63) is 36.0 Å². The molecule has 0 heterocycles. The first-order valence-corrected chi connectivity index (χ1v) is 6.47. The summed E-state index contributed by atoms with van der Waals surface area (Å²) in [5.41, 5.74) is 4.68. The molecule has 0 aromatic carbocycles. The van der Waals surface area contributed by atoms with Gasteiger partial charge in [-0.15, -0.1) is 0 Å². The summed E-state index contributed by atoms with van der Waals surface area (Å²) in [5.74, 6) is 0. The molecule has 0 amide bonds. The summed E-state index contributed by atoms with van der Waals surface area (Å²) in [5, 5.41) is 0. The Bertz CT molecular complexity index is 302. The maximum atomic E-state index is 4.13. The summed E-state index contributed by atoms with van der Waals surface area (Å²) in [6.45, 7) is 15.2. The van der Waals surface area contributed by atoms with Gasteiger partial charge in [0.25, 0.3) is 0 Å². The predicted octanol–water partition coefficient (Wildman–Crippen LogP) is 5.43. The van der Waals surface area contributed by atoms with Crippen LogP contribution in [0.1, 0.15) is 59.3 Å². The Kier molecular flexibility index (Phi) is 4.58. The third-order valence-electron chi connectivity index (χ3n) is 3.22. The fourth-order valence-electron chi connectivity index (χ4n) is 2.66. The van der Waals surface area contributed by atoms with Crippen molar-refractivity contribution < 1.29 is 0 Å². The number of rotatable bonds is 5.